The van der Waals surface area contributed by atoms with Crippen LogP contribution in [0.15, 0.2) is 78.9 Å². The first-order chi connectivity index (χ1) is 24.2. The highest BCUT2D eigenvalue weighted by Gasteiger charge is 2.47. The van der Waals surface area contributed by atoms with Crippen molar-refractivity contribution in [2.45, 2.75) is 97.8 Å². The van der Waals surface area contributed by atoms with E-state index in [0.717, 1.165) is 11.5 Å². The molecule has 0 saturated carbocycles. The van der Waals surface area contributed by atoms with Crippen molar-refractivity contribution in [2.75, 3.05) is 4.90 Å². The topological polar surface area (TPSA) is 12.5 Å². The van der Waals surface area contributed by atoms with Gasteiger partial charge in [-0.3, -0.25) is 0 Å². The van der Waals surface area contributed by atoms with E-state index in [1.54, 1.807) is 11.1 Å². The zero-order chi connectivity index (χ0) is 35.4. The number of hydrogen-bond acceptors (Lipinski definition) is 3. The van der Waals surface area contributed by atoms with Crippen LogP contribution >= 0.6 is 11.3 Å². The van der Waals surface area contributed by atoms with Crippen molar-refractivity contribution in [2.24, 2.45) is 0 Å². The van der Waals surface area contributed by atoms with Crippen molar-refractivity contribution in [3.63, 3.8) is 0 Å². The van der Waals surface area contributed by atoms with Crippen molar-refractivity contribution in [1.82, 2.24) is 0 Å². The standard InChI is InChI=1S/C47H46BNOS/c1-26-21-37-42-39(22-26)50-38-25-35-32(41-31-12-10-11-27(31)13-19-34(41)47(35,8)9)24-36(38)48(42)44-43(33-23-29(46(5,6)7)16-20-40(33)51-44)49(37)30-17-14-28(15-18-30)45(2,3)4/h13-25H,10-12H2,1-9H3. The maximum absolute atomic E-state index is 7.09. The number of nitrogens with zero attached hydrogens (tertiary/aromatic N) is 1. The molecule has 2 aliphatic carbocycles. The fourth-order valence-electron chi connectivity index (χ4n) is 9.62. The number of benzene rings is 5. The van der Waals surface area contributed by atoms with E-state index >= 15 is 0 Å². The van der Waals surface area contributed by atoms with Gasteiger partial charge in [-0.25, -0.2) is 0 Å². The summed E-state index contributed by atoms with van der Waals surface area (Å²) in [6, 6.07) is 31.0. The molecule has 4 heteroatoms. The van der Waals surface area contributed by atoms with Crippen molar-refractivity contribution < 1.29 is 4.74 Å². The number of fused-ring (bicyclic) bond motifs is 11. The van der Waals surface area contributed by atoms with Gasteiger partial charge in [0.1, 0.15) is 11.5 Å². The van der Waals surface area contributed by atoms with Gasteiger partial charge in [0.2, 0.25) is 0 Å². The van der Waals surface area contributed by atoms with E-state index in [0.29, 0.717) is 0 Å². The van der Waals surface area contributed by atoms with E-state index < -0.39 is 0 Å². The van der Waals surface area contributed by atoms with Crippen LogP contribution in [0.5, 0.6) is 11.5 Å². The van der Waals surface area contributed by atoms with Gasteiger partial charge >= 0.3 is 0 Å². The zero-order valence-corrected chi connectivity index (χ0v) is 32.3. The Balaban J connectivity index is 1.27. The summed E-state index contributed by atoms with van der Waals surface area (Å²) in [7, 11) is 0. The maximum atomic E-state index is 7.09. The number of thiophene rings is 1. The second-order valence-electron chi connectivity index (χ2n) is 18.2. The first-order valence-corrected chi connectivity index (χ1v) is 19.7. The van der Waals surface area contributed by atoms with E-state index in [1.165, 1.54) is 101 Å². The van der Waals surface area contributed by atoms with Gasteiger partial charge in [-0.1, -0.05) is 91.8 Å². The van der Waals surface area contributed by atoms with Crippen LogP contribution in [0.4, 0.5) is 17.1 Å². The van der Waals surface area contributed by atoms with E-state index in [1.807, 2.05) is 11.3 Å². The number of aryl methyl sites for hydroxylation is 2. The summed E-state index contributed by atoms with van der Waals surface area (Å²) in [5, 5.41) is 1.34. The summed E-state index contributed by atoms with van der Waals surface area (Å²) < 4.78 is 9.85. The highest BCUT2D eigenvalue weighted by atomic mass is 32.1. The van der Waals surface area contributed by atoms with Crippen LogP contribution in [0.25, 0.3) is 21.2 Å². The minimum Gasteiger partial charge on any atom is -0.458 e. The van der Waals surface area contributed by atoms with E-state index in [2.05, 4.69) is 146 Å². The van der Waals surface area contributed by atoms with Crippen LogP contribution in [0, 0.1) is 6.92 Å². The molecule has 0 fully saturated rings. The molecule has 4 aliphatic rings. The summed E-state index contributed by atoms with van der Waals surface area (Å²) in [6.45, 7) is 21.0. The molecule has 0 saturated heterocycles. The van der Waals surface area contributed by atoms with Crippen LogP contribution in [0.3, 0.4) is 0 Å². The molecular weight excluding hydrogens is 637 g/mol. The summed E-state index contributed by atoms with van der Waals surface area (Å²) in [5.74, 6) is 2.01. The molecule has 0 amide bonds. The predicted octanol–water partition coefficient (Wildman–Crippen LogP) is 11.0. The van der Waals surface area contributed by atoms with Gasteiger partial charge in [-0.2, -0.15) is 0 Å². The van der Waals surface area contributed by atoms with Gasteiger partial charge in [-0.05, 0) is 140 Å². The Labute approximate surface area is 307 Å². The molecule has 1 aromatic heterocycles. The molecule has 0 unspecified atom stereocenters. The van der Waals surface area contributed by atoms with Gasteiger partial charge in [-0.15, -0.1) is 11.3 Å². The zero-order valence-electron chi connectivity index (χ0n) is 31.5. The Morgan fingerprint density at radius 3 is 2.25 bits per heavy atom. The second-order valence-corrected chi connectivity index (χ2v) is 19.3. The number of rotatable bonds is 1. The largest absolute Gasteiger partial charge is 0.458 e. The van der Waals surface area contributed by atoms with Gasteiger partial charge in [0.05, 0.1) is 5.69 Å². The highest BCUT2D eigenvalue weighted by Crippen LogP contribution is 2.54. The molecular formula is C47H46BNOS. The molecule has 10 rings (SSSR count). The SMILES string of the molecule is Cc1cc2c3c(c1)N(c1ccc(C(C)(C)C)cc1)c1c(sc4ccc(C(C)(C)C)cc14)B3c1cc3c(cc1O2)C(C)(C)c1ccc2c(c1-3)CCC2. The van der Waals surface area contributed by atoms with Crippen LogP contribution in [-0.4, -0.2) is 6.71 Å². The lowest BCUT2D eigenvalue weighted by Gasteiger charge is -2.39. The third-order valence-electron chi connectivity index (χ3n) is 12.4. The van der Waals surface area contributed by atoms with E-state index in [-0.39, 0.29) is 23.0 Å². The minimum atomic E-state index is -0.0760. The molecule has 0 atom stereocenters. The molecule has 5 aromatic carbocycles. The number of anilines is 3. The monoisotopic (exact) mass is 683 g/mol. The minimum absolute atomic E-state index is 0.0464. The molecule has 0 N–H and O–H groups in total. The fourth-order valence-corrected chi connectivity index (χ4v) is 10.9. The quantitative estimate of drug-likeness (QED) is 0.160. The van der Waals surface area contributed by atoms with Gasteiger partial charge in [0.25, 0.3) is 6.71 Å². The molecule has 3 heterocycles. The Kier molecular flexibility index (Phi) is 6.29. The Hall–Kier alpha value is -4.28. The van der Waals surface area contributed by atoms with Crippen molar-refractivity contribution >= 4 is 60.9 Å². The summed E-state index contributed by atoms with van der Waals surface area (Å²) in [5.41, 5.74) is 19.3. The number of hydrogen-bond donors (Lipinski definition) is 0. The average molecular weight is 684 g/mol. The second kappa shape index (κ2) is 10.2. The molecule has 0 radical (unpaired) electrons. The Bertz CT molecular complexity index is 2490. The summed E-state index contributed by atoms with van der Waals surface area (Å²) >= 11 is 1.97. The molecule has 0 bridgehead atoms. The molecule has 0 spiro atoms. The lowest BCUT2D eigenvalue weighted by atomic mass is 9.36. The highest BCUT2D eigenvalue weighted by molar-refractivity contribution is 7.33. The molecule has 2 aliphatic heterocycles. The van der Waals surface area contributed by atoms with Crippen molar-refractivity contribution in [1.29, 1.82) is 0 Å². The van der Waals surface area contributed by atoms with Gasteiger partial charge in [0.15, 0.2) is 0 Å². The normalized spacial score (nSPS) is 16.3. The third kappa shape index (κ3) is 4.35. The first kappa shape index (κ1) is 31.5. The molecule has 2 nitrogen and oxygen atoms in total. The summed E-state index contributed by atoms with van der Waals surface area (Å²) in [4.78, 5) is 2.56. The Morgan fingerprint density at radius 2 is 1.51 bits per heavy atom. The first-order valence-electron chi connectivity index (χ1n) is 18.8. The van der Waals surface area contributed by atoms with Crippen LogP contribution in [0.2, 0.25) is 0 Å². The average Bonchev–Trinajstić information content (AvgIpc) is 3.76. The fraction of sp³-hybridized carbons (Fsp3) is 0.319. The maximum Gasteiger partial charge on any atom is 0.268 e. The predicted molar refractivity (Wildman–Crippen MR) is 219 cm³/mol. The van der Waals surface area contributed by atoms with Crippen LogP contribution in [-0.2, 0) is 29.1 Å². The third-order valence-corrected chi connectivity index (χ3v) is 13.6. The molecule has 6 aromatic rings. The van der Waals surface area contributed by atoms with Crippen molar-refractivity contribution in [3.05, 3.63) is 118 Å². The summed E-state index contributed by atoms with van der Waals surface area (Å²) in [6.07, 6.45) is 3.62. The lowest BCUT2D eigenvalue weighted by Crippen LogP contribution is -2.58. The van der Waals surface area contributed by atoms with Gasteiger partial charge in [0, 0.05) is 31.7 Å². The smallest absolute Gasteiger partial charge is 0.268 e. The van der Waals surface area contributed by atoms with Crippen LogP contribution < -0.4 is 25.3 Å². The Morgan fingerprint density at radius 1 is 0.765 bits per heavy atom. The molecule has 51 heavy (non-hydrogen) atoms. The van der Waals surface area contributed by atoms with E-state index in [4.69, 9.17) is 4.74 Å². The van der Waals surface area contributed by atoms with Gasteiger partial charge < -0.3 is 9.64 Å². The number of ether oxygens (including phenoxy) is 1. The lowest BCUT2D eigenvalue weighted by molar-refractivity contribution is 0.485. The van der Waals surface area contributed by atoms with Crippen LogP contribution in [0.1, 0.15) is 101 Å². The van der Waals surface area contributed by atoms with Crippen molar-refractivity contribution in [3.8, 4) is 22.6 Å². The molecule has 254 valence electrons. The van der Waals surface area contributed by atoms with E-state index in [9.17, 15) is 0 Å².